The standard InChI is InChI=1S/C44H81O2PS/c1-2-28-37-29-20-17-18-23-32-39-43(36-27-19-21-30-37)47(48)42-35-26-16-12-6-4-3-5-9-13-22-31-38(42)45-40-33-24-14-10-7-8-11-15-25-34-41(46-39)44(40)47/h37-44H,2-36H2,1H3. The van der Waals surface area contributed by atoms with Crippen LogP contribution in [-0.2, 0) is 21.3 Å². The van der Waals surface area contributed by atoms with Gasteiger partial charge in [0, 0.05) is 17.0 Å². The molecule has 2 aliphatic heterocycles. The third kappa shape index (κ3) is 11.8. The molecule has 3 aliphatic carbocycles. The quantitative estimate of drug-likeness (QED) is 0.267. The van der Waals surface area contributed by atoms with Gasteiger partial charge in [0.25, 0.3) is 0 Å². The van der Waals surface area contributed by atoms with Gasteiger partial charge < -0.3 is 9.47 Å². The van der Waals surface area contributed by atoms with Gasteiger partial charge in [0.2, 0.25) is 0 Å². The van der Waals surface area contributed by atoms with Crippen LogP contribution < -0.4 is 0 Å². The van der Waals surface area contributed by atoms with Crippen molar-refractivity contribution in [3.63, 3.8) is 0 Å². The van der Waals surface area contributed by atoms with Crippen LogP contribution in [0.2, 0.25) is 0 Å². The summed E-state index contributed by atoms with van der Waals surface area (Å²) in [7, 11) is 0. The van der Waals surface area contributed by atoms with Crippen molar-refractivity contribution in [2.45, 2.75) is 273 Å². The van der Waals surface area contributed by atoms with Crippen molar-refractivity contribution in [3.8, 4) is 0 Å². The van der Waals surface area contributed by atoms with E-state index in [2.05, 4.69) is 6.92 Å². The van der Waals surface area contributed by atoms with E-state index >= 15 is 0 Å². The molecule has 9 unspecified atom stereocenters. The minimum atomic E-state index is -1.76. The summed E-state index contributed by atoms with van der Waals surface area (Å²) in [6.45, 7) is 2.40. The Morgan fingerprint density at radius 3 is 1.06 bits per heavy atom. The molecule has 280 valence electrons. The Balaban J connectivity index is 1.46. The van der Waals surface area contributed by atoms with Gasteiger partial charge in [0.1, 0.15) is 0 Å². The summed E-state index contributed by atoms with van der Waals surface area (Å²) in [5.41, 5.74) is 1.83. The summed E-state index contributed by atoms with van der Waals surface area (Å²) in [4.78, 5) is 0. The van der Waals surface area contributed by atoms with Crippen molar-refractivity contribution in [2.75, 3.05) is 0 Å². The molecule has 0 bridgehead atoms. The average molecular weight is 705 g/mol. The Morgan fingerprint density at radius 1 is 0.396 bits per heavy atom. The first kappa shape index (κ1) is 39.8. The smallest absolute Gasteiger partial charge is 0.0679 e. The molecule has 3 saturated carbocycles. The largest absolute Gasteiger partial charge is 0.374 e. The van der Waals surface area contributed by atoms with E-state index < -0.39 is 6.04 Å². The maximum atomic E-state index is 7.63. The summed E-state index contributed by atoms with van der Waals surface area (Å²) in [6, 6.07) is -1.76. The minimum absolute atomic E-state index is 0.366. The topological polar surface area (TPSA) is 18.5 Å². The van der Waals surface area contributed by atoms with Crippen molar-refractivity contribution in [1.82, 2.24) is 0 Å². The van der Waals surface area contributed by atoms with E-state index in [1.165, 1.54) is 225 Å². The molecule has 0 aromatic heterocycles. The molecular weight excluding hydrogens is 624 g/mol. The van der Waals surface area contributed by atoms with Gasteiger partial charge in [-0.2, -0.15) is 0 Å². The van der Waals surface area contributed by atoms with E-state index in [-0.39, 0.29) is 0 Å². The molecule has 0 aromatic carbocycles. The van der Waals surface area contributed by atoms with Gasteiger partial charge in [-0.1, -0.05) is 205 Å². The van der Waals surface area contributed by atoms with Gasteiger partial charge in [-0.25, -0.2) is 0 Å². The second-order valence-corrected chi connectivity index (χ2v) is 23.0. The zero-order valence-corrected chi connectivity index (χ0v) is 33.8. The van der Waals surface area contributed by atoms with E-state index in [9.17, 15) is 0 Å². The van der Waals surface area contributed by atoms with E-state index in [0.29, 0.717) is 41.4 Å². The predicted octanol–water partition coefficient (Wildman–Crippen LogP) is 14.4. The van der Waals surface area contributed by atoms with Crippen LogP contribution in [0, 0.1) is 5.92 Å². The fourth-order valence-corrected chi connectivity index (χ4v) is 19.1. The van der Waals surface area contributed by atoms with Crippen molar-refractivity contribution in [3.05, 3.63) is 0 Å². The molecule has 5 rings (SSSR count). The van der Waals surface area contributed by atoms with E-state index in [1.807, 2.05) is 0 Å². The highest BCUT2D eigenvalue weighted by atomic mass is 32.4. The lowest BCUT2D eigenvalue weighted by atomic mass is 9.90. The van der Waals surface area contributed by atoms with Gasteiger partial charge in [-0.05, 0) is 50.5 Å². The fourth-order valence-electron chi connectivity index (χ4n) is 11.3. The highest BCUT2D eigenvalue weighted by molar-refractivity contribution is 8.15. The normalized spacial score (nSPS) is 40.1. The van der Waals surface area contributed by atoms with Crippen LogP contribution in [0.5, 0.6) is 0 Å². The highest BCUT2D eigenvalue weighted by Crippen LogP contribution is 2.72. The lowest BCUT2D eigenvalue weighted by molar-refractivity contribution is -0.100. The molecule has 0 N–H and O–H groups in total. The van der Waals surface area contributed by atoms with Crippen LogP contribution >= 0.6 is 6.04 Å². The molecule has 0 spiro atoms. The molecule has 2 nitrogen and oxygen atoms in total. The summed E-state index contributed by atoms with van der Waals surface area (Å²) < 4.78 is 15.1. The first-order valence-corrected chi connectivity index (χ1v) is 25.6. The van der Waals surface area contributed by atoms with Crippen LogP contribution in [0.15, 0.2) is 0 Å². The summed E-state index contributed by atoms with van der Waals surface area (Å²) in [6.07, 6.45) is 50.4. The number of rotatable bonds is 2. The lowest BCUT2D eigenvalue weighted by Crippen LogP contribution is -2.59. The van der Waals surface area contributed by atoms with Crippen molar-refractivity contribution < 1.29 is 9.47 Å². The second-order valence-electron chi connectivity index (χ2n) is 17.6. The summed E-state index contributed by atoms with van der Waals surface area (Å²) >= 11 is 7.63. The molecule has 2 saturated heterocycles. The molecule has 4 heteroatoms. The van der Waals surface area contributed by atoms with Crippen LogP contribution in [-0.4, -0.2) is 41.4 Å². The predicted molar refractivity (Wildman–Crippen MR) is 214 cm³/mol. The molecule has 5 fully saturated rings. The molecule has 0 amide bonds. The number of hydrogen-bond acceptors (Lipinski definition) is 3. The van der Waals surface area contributed by atoms with Crippen LogP contribution in [0.4, 0.5) is 0 Å². The molecule has 2 heterocycles. The third-order valence-corrected chi connectivity index (χ3v) is 21.2. The first-order valence-electron chi connectivity index (χ1n) is 22.6. The molecule has 0 radical (unpaired) electrons. The number of hydrogen-bond donors (Lipinski definition) is 0. The highest BCUT2D eigenvalue weighted by Gasteiger charge is 2.59. The maximum Gasteiger partial charge on any atom is 0.0679 e. The number of fused-ring (bicyclic) bond motifs is 4. The number of ether oxygens (including phenoxy) is 2. The van der Waals surface area contributed by atoms with Crippen LogP contribution in [0.1, 0.15) is 232 Å². The molecule has 9 atom stereocenters. The second kappa shape index (κ2) is 22.6. The maximum absolute atomic E-state index is 7.63. The zero-order valence-electron chi connectivity index (χ0n) is 32.0. The molecule has 5 aliphatic rings. The van der Waals surface area contributed by atoms with Gasteiger partial charge in [-0.15, -0.1) is 0 Å². The van der Waals surface area contributed by atoms with Gasteiger partial charge in [0.05, 0.1) is 24.4 Å². The zero-order chi connectivity index (χ0) is 33.3. The Morgan fingerprint density at radius 2 is 0.688 bits per heavy atom. The van der Waals surface area contributed by atoms with E-state index in [4.69, 9.17) is 21.3 Å². The Bertz CT molecular complexity index is 879. The van der Waals surface area contributed by atoms with E-state index in [0.717, 1.165) is 5.92 Å². The Hall–Kier alpha value is 0.570. The summed E-state index contributed by atoms with van der Waals surface area (Å²) in [5, 5.41) is 0. The third-order valence-electron chi connectivity index (χ3n) is 13.9. The van der Waals surface area contributed by atoms with Gasteiger partial charge in [0.15, 0.2) is 0 Å². The van der Waals surface area contributed by atoms with Gasteiger partial charge in [-0.3, -0.25) is 0 Å². The fraction of sp³-hybridized carbons (Fsp3) is 1.00. The van der Waals surface area contributed by atoms with E-state index in [1.54, 1.807) is 0 Å². The van der Waals surface area contributed by atoms with Crippen molar-refractivity contribution in [2.24, 2.45) is 5.92 Å². The van der Waals surface area contributed by atoms with Crippen LogP contribution in [0.3, 0.4) is 0 Å². The van der Waals surface area contributed by atoms with Crippen LogP contribution in [0.25, 0.3) is 0 Å². The molecule has 48 heavy (non-hydrogen) atoms. The summed E-state index contributed by atoms with van der Waals surface area (Å²) in [5.74, 6) is 0.976. The average Bonchev–Trinajstić information content (AvgIpc) is 3.10. The minimum Gasteiger partial charge on any atom is -0.374 e. The SMILES string of the molecule is CCCC1CCCCCCC2OC3CCCCCCCCCCC4OC5CCCCCCCCCCCCC5P(=S)(C2CCCCC1)C43. The van der Waals surface area contributed by atoms with Gasteiger partial charge >= 0.3 is 0 Å². The Kier molecular flexibility index (Phi) is 18.7. The monoisotopic (exact) mass is 705 g/mol. The molecular formula is C44H81O2PS. The lowest BCUT2D eigenvalue weighted by Gasteiger charge is -2.60. The van der Waals surface area contributed by atoms with Crippen molar-refractivity contribution in [1.29, 1.82) is 0 Å². The molecule has 0 aromatic rings. The van der Waals surface area contributed by atoms with Crippen molar-refractivity contribution >= 4 is 17.8 Å². The first-order chi connectivity index (χ1) is 23.7. The Labute approximate surface area is 305 Å².